The van der Waals surface area contributed by atoms with Gasteiger partial charge in [-0.1, -0.05) is 24.3 Å². The second-order valence-electron chi connectivity index (χ2n) is 5.52. The SMILES string of the molecule is COc1ccccc1CC(C)N(C)c1cc(N)ccc1C. The molecule has 2 aromatic rings. The van der Waals surface area contributed by atoms with Gasteiger partial charge in [-0.3, -0.25) is 0 Å². The van der Waals surface area contributed by atoms with E-state index in [4.69, 9.17) is 10.5 Å². The predicted molar refractivity (Wildman–Crippen MR) is 90.2 cm³/mol. The number of likely N-dealkylation sites (N-methyl/N-ethyl adjacent to an activating group) is 1. The van der Waals surface area contributed by atoms with Crippen molar-refractivity contribution in [2.45, 2.75) is 26.3 Å². The molecule has 3 nitrogen and oxygen atoms in total. The lowest BCUT2D eigenvalue weighted by Crippen LogP contribution is -2.31. The predicted octanol–water partition coefficient (Wildman–Crippen LogP) is 3.65. The van der Waals surface area contributed by atoms with E-state index in [1.807, 2.05) is 24.3 Å². The maximum absolute atomic E-state index is 5.92. The van der Waals surface area contributed by atoms with E-state index in [-0.39, 0.29) is 0 Å². The van der Waals surface area contributed by atoms with Gasteiger partial charge < -0.3 is 15.4 Å². The van der Waals surface area contributed by atoms with Gasteiger partial charge in [0.2, 0.25) is 0 Å². The van der Waals surface area contributed by atoms with Gasteiger partial charge in [0.15, 0.2) is 0 Å². The van der Waals surface area contributed by atoms with Gasteiger partial charge in [-0.2, -0.15) is 0 Å². The van der Waals surface area contributed by atoms with Crippen molar-refractivity contribution in [2.75, 3.05) is 24.8 Å². The molecule has 0 saturated carbocycles. The van der Waals surface area contributed by atoms with Crippen molar-refractivity contribution in [1.82, 2.24) is 0 Å². The summed E-state index contributed by atoms with van der Waals surface area (Å²) in [7, 11) is 3.83. The fraction of sp³-hybridized carbons (Fsp3) is 0.333. The number of nitrogen functional groups attached to an aromatic ring is 1. The van der Waals surface area contributed by atoms with Gasteiger partial charge in [0.05, 0.1) is 7.11 Å². The first-order valence-corrected chi connectivity index (χ1v) is 7.23. The van der Waals surface area contributed by atoms with Crippen LogP contribution in [0.15, 0.2) is 42.5 Å². The number of nitrogens with zero attached hydrogens (tertiary/aromatic N) is 1. The summed E-state index contributed by atoms with van der Waals surface area (Å²) in [5.41, 5.74) is 10.4. The lowest BCUT2D eigenvalue weighted by molar-refractivity contribution is 0.408. The summed E-state index contributed by atoms with van der Waals surface area (Å²) < 4.78 is 5.44. The molecular formula is C18H24N2O. The Hall–Kier alpha value is -2.16. The van der Waals surface area contributed by atoms with Crippen LogP contribution in [-0.4, -0.2) is 20.2 Å². The first-order chi connectivity index (χ1) is 10.0. The summed E-state index contributed by atoms with van der Waals surface area (Å²) in [6.07, 6.45) is 0.925. The average molecular weight is 284 g/mol. The zero-order valence-corrected chi connectivity index (χ0v) is 13.3. The highest BCUT2D eigenvalue weighted by atomic mass is 16.5. The zero-order chi connectivity index (χ0) is 15.4. The normalized spacial score (nSPS) is 12.0. The van der Waals surface area contributed by atoms with Gasteiger partial charge >= 0.3 is 0 Å². The third-order valence-electron chi connectivity index (χ3n) is 3.98. The van der Waals surface area contributed by atoms with Gasteiger partial charge in [0.25, 0.3) is 0 Å². The Labute approximate surface area is 127 Å². The van der Waals surface area contributed by atoms with E-state index in [2.05, 4.69) is 44.0 Å². The Morgan fingerprint density at radius 3 is 2.62 bits per heavy atom. The van der Waals surface area contributed by atoms with Crippen LogP contribution in [0.1, 0.15) is 18.1 Å². The van der Waals surface area contributed by atoms with E-state index in [0.29, 0.717) is 6.04 Å². The number of rotatable bonds is 5. The molecule has 0 spiro atoms. The number of benzene rings is 2. The highest BCUT2D eigenvalue weighted by Gasteiger charge is 2.15. The van der Waals surface area contributed by atoms with Crippen molar-refractivity contribution in [3.05, 3.63) is 53.6 Å². The number of methoxy groups -OCH3 is 1. The summed E-state index contributed by atoms with van der Waals surface area (Å²) >= 11 is 0. The molecule has 0 radical (unpaired) electrons. The van der Waals surface area contributed by atoms with Crippen LogP contribution in [-0.2, 0) is 6.42 Å². The number of para-hydroxylation sites is 1. The molecule has 3 heteroatoms. The average Bonchev–Trinajstić information content (AvgIpc) is 2.49. The molecule has 0 aromatic heterocycles. The van der Waals surface area contributed by atoms with Gasteiger partial charge in [-0.05, 0) is 49.6 Å². The van der Waals surface area contributed by atoms with Crippen LogP contribution < -0.4 is 15.4 Å². The number of hydrogen-bond donors (Lipinski definition) is 1. The van der Waals surface area contributed by atoms with Crippen molar-refractivity contribution in [3.63, 3.8) is 0 Å². The molecule has 0 saturated heterocycles. The molecule has 0 heterocycles. The minimum atomic E-state index is 0.349. The molecule has 21 heavy (non-hydrogen) atoms. The third kappa shape index (κ3) is 3.48. The highest BCUT2D eigenvalue weighted by molar-refractivity contribution is 5.61. The van der Waals surface area contributed by atoms with E-state index in [0.717, 1.165) is 17.9 Å². The summed E-state index contributed by atoms with van der Waals surface area (Å²) in [6, 6.07) is 14.6. The number of aryl methyl sites for hydroxylation is 1. The Morgan fingerprint density at radius 2 is 1.90 bits per heavy atom. The number of anilines is 2. The molecular weight excluding hydrogens is 260 g/mol. The summed E-state index contributed by atoms with van der Waals surface area (Å²) in [5.74, 6) is 0.946. The van der Waals surface area contributed by atoms with E-state index in [1.54, 1.807) is 7.11 Å². The highest BCUT2D eigenvalue weighted by Crippen LogP contribution is 2.26. The van der Waals surface area contributed by atoms with Crippen LogP contribution in [0.25, 0.3) is 0 Å². The van der Waals surface area contributed by atoms with Gasteiger partial charge in [0, 0.05) is 24.5 Å². The van der Waals surface area contributed by atoms with Crippen LogP contribution in [0, 0.1) is 6.92 Å². The monoisotopic (exact) mass is 284 g/mol. The fourth-order valence-electron chi connectivity index (χ4n) is 2.57. The minimum absolute atomic E-state index is 0.349. The quantitative estimate of drug-likeness (QED) is 0.852. The zero-order valence-electron chi connectivity index (χ0n) is 13.3. The van der Waals surface area contributed by atoms with Crippen molar-refractivity contribution in [2.24, 2.45) is 0 Å². The number of ether oxygens (including phenoxy) is 1. The molecule has 0 amide bonds. The Morgan fingerprint density at radius 1 is 1.19 bits per heavy atom. The van der Waals surface area contributed by atoms with Crippen molar-refractivity contribution < 1.29 is 4.74 Å². The van der Waals surface area contributed by atoms with Crippen LogP contribution in [0.4, 0.5) is 11.4 Å². The van der Waals surface area contributed by atoms with E-state index >= 15 is 0 Å². The first kappa shape index (κ1) is 15.2. The Bertz CT molecular complexity index is 610. The fourth-order valence-corrected chi connectivity index (χ4v) is 2.57. The third-order valence-corrected chi connectivity index (χ3v) is 3.98. The molecule has 1 atom stereocenters. The second-order valence-corrected chi connectivity index (χ2v) is 5.52. The van der Waals surface area contributed by atoms with E-state index in [1.165, 1.54) is 16.8 Å². The molecule has 2 N–H and O–H groups in total. The lowest BCUT2D eigenvalue weighted by Gasteiger charge is -2.29. The minimum Gasteiger partial charge on any atom is -0.496 e. The standard InChI is InChI=1S/C18H24N2O/c1-13-9-10-16(19)12-17(13)20(3)14(2)11-15-7-5-6-8-18(15)21-4/h5-10,12,14H,11,19H2,1-4H3. The summed E-state index contributed by atoms with van der Waals surface area (Å²) in [5, 5.41) is 0. The molecule has 0 aliphatic carbocycles. The van der Waals surface area contributed by atoms with Crippen LogP contribution in [0.2, 0.25) is 0 Å². The van der Waals surface area contributed by atoms with E-state index < -0.39 is 0 Å². The van der Waals surface area contributed by atoms with Crippen LogP contribution in [0.5, 0.6) is 5.75 Å². The molecule has 0 bridgehead atoms. The van der Waals surface area contributed by atoms with Crippen molar-refractivity contribution >= 4 is 11.4 Å². The maximum atomic E-state index is 5.92. The molecule has 0 aliphatic heterocycles. The largest absolute Gasteiger partial charge is 0.496 e. The number of nitrogens with two attached hydrogens (primary N) is 1. The summed E-state index contributed by atoms with van der Waals surface area (Å²) in [6.45, 7) is 4.33. The Kier molecular flexibility index (Phi) is 4.73. The number of hydrogen-bond acceptors (Lipinski definition) is 3. The molecule has 0 aliphatic rings. The van der Waals surface area contributed by atoms with Crippen molar-refractivity contribution in [1.29, 1.82) is 0 Å². The topological polar surface area (TPSA) is 38.5 Å². The van der Waals surface area contributed by atoms with Crippen LogP contribution in [0.3, 0.4) is 0 Å². The molecule has 1 unspecified atom stereocenters. The van der Waals surface area contributed by atoms with Crippen molar-refractivity contribution in [3.8, 4) is 5.75 Å². The summed E-state index contributed by atoms with van der Waals surface area (Å²) in [4.78, 5) is 2.28. The molecule has 112 valence electrons. The van der Waals surface area contributed by atoms with Gasteiger partial charge in [0.1, 0.15) is 5.75 Å². The van der Waals surface area contributed by atoms with Gasteiger partial charge in [-0.15, -0.1) is 0 Å². The lowest BCUT2D eigenvalue weighted by atomic mass is 10.0. The molecule has 2 rings (SSSR count). The molecule has 0 fully saturated rings. The maximum Gasteiger partial charge on any atom is 0.122 e. The molecule has 2 aromatic carbocycles. The van der Waals surface area contributed by atoms with Gasteiger partial charge in [-0.25, -0.2) is 0 Å². The smallest absolute Gasteiger partial charge is 0.122 e. The first-order valence-electron chi connectivity index (χ1n) is 7.23. The second kappa shape index (κ2) is 6.53. The van der Waals surface area contributed by atoms with Crippen LogP contribution >= 0.6 is 0 Å². The Balaban J connectivity index is 2.19. The van der Waals surface area contributed by atoms with E-state index in [9.17, 15) is 0 Å².